The lowest BCUT2D eigenvalue weighted by Gasteiger charge is -2.48. The summed E-state index contributed by atoms with van der Waals surface area (Å²) in [5.74, 6) is 0. The van der Waals surface area contributed by atoms with E-state index in [2.05, 4.69) is 300 Å². The zero-order chi connectivity index (χ0) is 55.2. The number of benzene rings is 14. The van der Waals surface area contributed by atoms with Crippen molar-refractivity contribution in [2.75, 3.05) is 9.80 Å². The number of rotatable bonds is 7. The highest BCUT2D eigenvalue weighted by atomic mass is 35.5. The van der Waals surface area contributed by atoms with Gasteiger partial charge in [0, 0.05) is 0 Å². The van der Waals surface area contributed by atoms with Crippen LogP contribution in [0, 0.1) is 6.57 Å². The first-order chi connectivity index (χ1) is 41.0. The van der Waals surface area contributed by atoms with Gasteiger partial charge in [0.1, 0.15) is 0 Å². The van der Waals surface area contributed by atoms with Crippen LogP contribution in [0.2, 0.25) is 5.02 Å². The minimum Gasteiger partial charge on any atom is -0.308 e. The van der Waals surface area contributed by atoms with Crippen LogP contribution in [-0.2, 0) is 10.8 Å². The van der Waals surface area contributed by atoms with Gasteiger partial charge in [-0.15, -0.1) is 0 Å². The minimum atomic E-state index is -0.777. The average Bonchev–Trinajstić information content (AvgIpc) is 2.40. The molecule has 2 aliphatic rings. The summed E-state index contributed by atoms with van der Waals surface area (Å²) in [7, 11) is 0. The van der Waals surface area contributed by atoms with E-state index < -0.39 is 10.8 Å². The zero-order valence-electron chi connectivity index (χ0n) is 45.1. The van der Waals surface area contributed by atoms with Crippen LogP contribution in [-0.4, -0.2) is 0 Å². The van der Waals surface area contributed by atoms with E-state index in [1.807, 2.05) is 18.2 Å². The molecule has 0 aromatic heterocycles. The van der Waals surface area contributed by atoms with Gasteiger partial charge in [-0.3, -0.25) is 0 Å². The number of hydrogen-bond donors (Lipinski definition) is 0. The minimum absolute atomic E-state index is 0.559. The van der Waals surface area contributed by atoms with Crippen LogP contribution in [0.1, 0.15) is 44.5 Å². The predicted octanol–water partition coefficient (Wildman–Crippen LogP) is 21.5. The molecule has 14 aromatic rings. The van der Waals surface area contributed by atoms with Crippen molar-refractivity contribution in [1.29, 1.82) is 0 Å². The molecular weight excluding hydrogens is 1030 g/mol. The van der Waals surface area contributed by atoms with Crippen molar-refractivity contribution in [3.05, 3.63) is 364 Å². The topological polar surface area (TPSA) is 10.8 Å². The average molecular weight is 1080 g/mol. The normalized spacial score (nSPS) is 13.7. The standard InChI is InChI=1S/C79H50ClN3/c1-81-70-33-15-10-28-65(70)60-50-75(82-71-34-16-11-29-66(71)78(67-30-12-17-35-72(67)82,61-42-38-52-20-2-6-24-56(52)46-61)62-43-39-53-21-3-7-25-57(53)47-62)77(80)76(51-60)83-73-36-18-13-31-68(73)79(69-32-14-19-37-74(69)83,63-44-40-54-22-4-8-26-58(54)48-63)64-45-41-55-23-5-9-27-59(55)49-64/h2-51H. The van der Waals surface area contributed by atoms with Gasteiger partial charge in [0.05, 0.1) is 56.5 Å². The Kier molecular flexibility index (Phi) is 11.1. The maximum absolute atomic E-state index is 8.56. The third kappa shape index (κ3) is 7.23. The summed E-state index contributed by atoms with van der Waals surface area (Å²) < 4.78 is 0. The summed E-state index contributed by atoms with van der Waals surface area (Å²) in [5.41, 5.74) is 15.5. The Morgan fingerprint density at radius 1 is 0.277 bits per heavy atom. The molecule has 2 aliphatic heterocycles. The lowest BCUT2D eigenvalue weighted by molar-refractivity contribution is 0.732. The second kappa shape index (κ2) is 19.1. The monoisotopic (exact) mass is 1080 g/mol. The fourth-order valence-corrected chi connectivity index (χ4v) is 14.4. The van der Waals surface area contributed by atoms with E-state index in [9.17, 15) is 0 Å². The summed E-state index contributed by atoms with van der Waals surface area (Å²) in [5, 5.41) is 10.0. The lowest BCUT2D eigenvalue weighted by atomic mass is 9.62. The summed E-state index contributed by atoms with van der Waals surface area (Å²) in [6, 6.07) is 111. The molecule has 388 valence electrons. The molecule has 4 heteroatoms. The maximum atomic E-state index is 8.56. The third-order valence-corrected chi connectivity index (χ3v) is 18.2. The Balaban J connectivity index is 0.987. The van der Waals surface area contributed by atoms with Gasteiger partial charge in [0.25, 0.3) is 0 Å². The first kappa shape index (κ1) is 48.4. The molecule has 0 aliphatic carbocycles. The molecule has 0 bridgehead atoms. The SMILES string of the molecule is [C-]#[N+]c1ccccc1-c1cc(N2c3ccccc3C(c3ccc4ccccc4c3)(c3ccc4ccccc4c3)c3ccccc32)c(Cl)c(N2c3ccccc3C(c3ccc4ccccc4c3)(c3ccc4ccccc4c3)c3ccccc32)c1. The highest BCUT2D eigenvalue weighted by Gasteiger charge is 2.49. The second-order valence-corrected chi connectivity index (χ2v) is 22.3. The Morgan fingerprint density at radius 2 is 0.554 bits per heavy atom. The van der Waals surface area contributed by atoms with Gasteiger partial charge < -0.3 is 9.80 Å². The molecule has 0 radical (unpaired) electrons. The number of halogens is 1. The molecule has 0 saturated heterocycles. The van der Waals surface area contributed by atoms with E-state index >= 15 is 0 Å². The van der Waals surface area contributed by atoms with E-state index in [1.54, 1.807) is 0 Å². The molecular formula is C79H50ClN3. The van der Waals surface area contributed by atoms with Crippen LogP contribution >= 0.6 is 11.6 Å². The highest BCUT2D eigenvalue weighted by molar-refractivity contribution is 6.37. The third-order valence-electron chi connectivity index (χ3n) is 17.8. The summed E-state index contributed by atoms with van der Waals surface area (Å²) >= 11 is 8.50. The highest BCUT2D eigenvalue weighted by Crippen LogP contribution is 2.63. The quantitative estimate of drug-likeness (QED) is 0.147. The molecule has 3 nitrogen and oxygen atoms in total. The molecule has 0 atom stereocenters. The number of para-hydroxylation sites is 5. The molecule has 14 aromatic carbocycles. The first-order valence-electron chi connectivity index (χ1n) is 28.3. The van der Waals surface area contributed by atoms with Crippen molar-refractivity contribution >= 4 is 94.5 Å². The number of nitrogens with zero attached hydrogens (tertiary/aromatic N) is 3. The number of anilines is 6. The molecule has 83 heavy (non-hydrogen) atoms. The van der Waals surface area contributed by atoms with Crippen molar-refractivity contribution < 1.29 is 0 Å². The molecule has 2 heterocycles. The van der Waals surface area contributed by atoms with Gasteiger partial charge in [0.2, 0.25) is 0 Å². The zero-order valence-corrected chi connectivity index (χ0v) is 45.8. The van der Waals surface area contributed by atoms with Crippen LogP contribution in [0.5, 0.6) is 0 Å². The van der Waals surface area contributed by atoms with Gasteiger partial charge in [-0.25, -0.2) is 4.85 Å². The van der Waals surface area contributed by atoms with Gasteiger partial charge >= 0.3 is 0 Å². The van der Waals surface area contributed by atoms with E-state index in [0.717, 1.165) is 67.5 Å². The Bertz CT molecular complexity index is 4470. The first-order valence-corrected chi connectivity index (χ1v) is 28.7. The van der Waals surface area contributed by atoms with Crippen molar-refractivity contribution in [2.45, 2.75) is 10.8 Å². The van der Waals surface area contributed by atoms with Crippen LogP contribution in [0.15, 0.2) is 303 Å². The number of fused-ring (bicyclic) bond motifs is 8. The molecule has 0 saturated carbocycles. The predicted molar refractivity (Wildman–Crippen MR) is 346 cm³/mol. The van der Waals surface area contributed by atoms with Crippen LogP contribution in [0.25, 0.3) is 59.1 Å². The van der Waals surface area contributed by atoms with Gasteiger partial charge in [-0.05, 0) is 159 Å². The van der Waals surface area contributed by atoms with Gasteiger partial charge in [-0.1, -0.05) is 254 Å². The Morgan fingerprint density at radius 3 is 0.880 bits per heavy atom. The molecule has 0 spiro atoms. The fraction of sp³-hybridized carbons (Fsp3) is 0.0253. The summed E-state index contributed by atoms with van der Waals surface area (Å²) in [4.78, 5) is 8.92. The summed E-state index contributed by atoms with van der Waals surface area (Å²) in [6.07, 6.45) is 0. The number of hydrogen-bond acceptors (Lipinski definition) is 2. The molecule has 0 fully saturated rings. The Labute approximate surface area is 487 Å². The Hall–Kier alpha value is -10.5. The second-order valence-electron chi connectivity index (χ2n) is 21.9. The maximum Gasteiger partial charge on any atom is 0.194 e. The summed E-state index contributed by atoms with van der Waals surface area (Å²) in [6.45, 7) is 8.56. The fourth-order valence-electron chi connectivity index (χ4n) is 14.2. The molecule has 0 unspecified atom stereocenters. The van der Waals surface area contributed by atoms with Crippen LogP contribution in [0.3, 0.4) is 0 Å². The van der Waals surface area contributed by atoms with Gasteiger partial charge in [0.15, 0.2) is 5.69 Å². The smallest absolute Gasteiger partial charge is 0.194 e. The largest absolute Gasteiger partial charge is 0.308 e. The van der Waals surface area contributed by atoms with E-state index in [4.69, 9.17) is 18.2 Å². The van der Waals surface area contributed by atoms with Crippen LogP contribution in [0.4, 0.5) is 39.8 Å². The van der Waals surface area contributed by atoms with Crippen molar-refractivity contribution in [3.8, 4) is 11.1 Å². The lowest BCUT2D eigenvalue weighted by Crippen LogP contribution is -2.38. The molecule has 0 amide bonds. The van der Waals surface area contributed by atoms with Crippen LogP contribution < -0.4 is 9.80 Å². The van der Waals surface area contributed by atoms with E-state index in [0.29, 0.717) is 10.7 Å². The van der Waals surface area contributed by atoms with Crippen molar-refractivity contribution in [2.24, 2.45) is 0 Å². The van der Waals surface area contributed by atoms with Gasteiger partial charge in [-0.2, -0.15) is 0 Å². The van der Waals surface area contributed by atoms with E-state index in [1.165, 1.54) is 65.3 Å². The van der Waals surface area contributed by atoms with Crippen molar-refractivity contribution in [3.63, 3.8) is 0 Å². The van der Waals surface area contributed by atoms with Crippen molar-refractivity contribution in [1.82, 2.24) is 0 Å². The van der Waals surface area contributed by atoms with E-state index in [-0.39, 0.29) is 0 Å². The molecule has 16 rings (SSSR count). The molecule has 0 N–H and O–H groups in total.